The number of carbonyl (C=O) groups excluding carboxylic acids is 3. The van der Waals surface area contributed by atoms with Gasteiger partial charge in [0.1, 0.15) is 0 Å². The molecule has 0 radical (unpaired) electrons. The third kappa shape index (κ3) is 6.93. The molecule has 0 saturated carbocycles. The summed E-state index contributed by atoms with van der Waals surface area (Å²) >= 11 is 0. The summed E-state index contributed by atoms with van der Waals surface area (Å²) in [6.45, 7) is 4.47. The average Bonchev–Trinajstić information content (AvgIpc) is 2.85. The molecule has 0 atom stereocenters. The van der Waals surface area contributed by atoms with E-state index in [9.17, 15) is 14.4 Å². The van der Waals surface area contributed by atoms with E-state index < -0.39 is 0 Å². The molecule has 3 N–H and O–H groups in total. The minimum atomic E-state index is -0.223. The van der Waals surface area contributed by atoms with Gasteiger partial charge in [-0.25, -0.2) is 0 Å². The molecule has 0 aromatic heterocycles. The highest BCUT2D eigenvalue weighted by atomic mass is 16.2. The molecule has 0 spiro atoms. The second kappa shape index (κ2) is 12.2. The number of anilines is 4. The Bertz CT molecular complexity index is 1110. The molecule has 0 bridgehead atoms. The smallest absolute Gasteiger partial charge is 0.258 e. The van der Waals surface area contributed by atoms with Gasteiger partial charge in [0.05, 0.1) is 6.54 Å². The number of amides is 3. The molecule has 0 aliphatic rings. The van der Waals surface area contributed by atoms with E-state index in [0.29, 0.717) is 35.6 Å². The van der Waals surface area contributed by atoms with E-state index in [2.05, 4.69) is 16.0 Å². The lowest BCUT2D eigenvalue weighted by molar-refractivity contribution is -0.116. The number of nitrogens with zero attached hydrogens (tertiary/aromatic N) is 1. The van der Waals surface area contributed by atoms with Crippen molar-refractivity contribution in [2.45, 2.75) is 26.7 Å². The van der Waals surface area contributed by atoms with E-state index in [1.54, 1.807) is 47.4 Å². The average molecular weight is 459 g/mol. The van der Waals surface area contributed by atoms with Crippen LogP contribution in [0.3, 0.4) is 0 Å². The second-order valence-corrected chi connectivity index (χ2v) is 7.74. The summed E-state index contributed by atoms with van der Waals surface area (Å²) < 4.78 is 0. The minimum absolute atomic E-state index is 0.0324. The zero-order valence-electron chi connectivity index (χ0n) is 19.5. The van der Waals surface area contributed by atoms with Crippen molar-refractivity contribution in [2.75, 3.05) is 33.9 Å². The lowest BCUT2D eigenvalue weighted by Gasteiger charge is -2.21. The summed E-state index contributed by atoms with van der Waals surface area (Å²) in [6, 6.07) is 23.6. The first-order valence-electron chi connectivity index (χ1n) is 11.4. The highest BCUT2D eigenvalue weighted by Gasteiger charge is 2.16. The lowest BCUT2D eigenvalue weighted by atomic mass is 10.1. The number of hydrogen-bond donors (Lipinski definition) is 3. The SMILES string of the molecule is CCCC(=O)Nc1ccc(NC(=O)CNc2cccc(C(=O)N(CC)c3ccccc3)c2)cc1. The van der Waals surface area contributed by atoms with E-state index in [-0.39, 0.29) is 24.3 Å². The van der Waals surface area contributed by atoms with Crippen LogP contribution in [0, 0.1) is 0 Å². The van der Waals surface area contributed by atoms with Crippen LogP contribution in [0.1, 0.15) is 37.0 Å². The fourth-order valence-corrected chi connectivity index (χ4v) is 3.44. The maximum Gasteiger partial charge on any atom is 0.258 e. The van der Waals surface area contributed by atoms with Gasteiger partial charge in [0.15, 0.2) is 0 Å². The number of benzene rings is 3. The van der Waals surface area contributed by atoms with Crippen LogP contribution >= 0.6 is 0 Å². The molecule has 0 aliphatic carbocycles. The van der Waals surface area contributed by atoms with Crippen molar-refractivity contribution < 1.29 is 14.4 Å². The Kier molecular flexibility index (Phi) is 8.80. The second-order valence-electron chi connectivity index (χ2n) is 7.74. The van der Waals surface area contributed by atoms with E-state index in [4.69, 9.17) is 0 Å². The van der Waals surface area contributed by atoms with E-state index in [1.807, 2.05) is 50.2 Å². The molecule has 0 fully saturated rings. The molecule has 34 heavy (non-hydrogen) atoms. The van der Waals surface area contributed by atoms with Crippen LogP contribution in [-0.2, 0) is 9.59 Å². The topological polar surface area (TPSA) is 90.5 Å². The molecule has 3 aromatic rings. The number of rotatable bonds is 10. The molecule has 3 rings (SSSR count). The van der Waals surface area contributed by atoms with Gasteiger partial charge in [-0.05, 0) is 67.9 Å². The lowest BCUT2D eigenvalue weighted by Crippen LogP contribution is -2.30. The summed E-state index contributed by atoms with van der Waals surface area (Å²) in [5.74, 6) is -0.359. The van der Waals surface area contributed by atoms with Crippen molar-refractivity contribution in [2.24, 2.45) is 0 Å². The Morgan fingerprint density at radius 2 is 1.38 bits per heavy atom. The maximum atomic E-state index is 13.0. The summed E-state index contributed by atoms with van der Waals surface area (Å²) in [5.41, 5.74) is 3.37. The van der Waals surface area contributed by atoms with Gasteiger partial charge in [0.25, 0.3) is 5.91 Å². The molecular formula is C27H30N4O3. The molecule has 176 valence electrons. The van der Waals surface area contributed by atoms with Gasteiger partial charge in [-0.1, -0.05) is 31.2 Å². The first-order chi connectivity index (χ1) is 16.5. The van der Waals surface area contributed by atoms with E-state index in [0.717, 1.165) is 12.1 Å². The summed E-state index contributed by atoms with van der Waals surface area (Å²) in [4.78, 5) is 38.8. The maximum absolute atomic E-state index is 13.0. The molecule has 7 nitrogen and oxygen atoms in total. The third-order valence-electron chi connectivity index (χ3n) is 5.12. The molecule has 0 unspecified atom stereocenters. The van der Waals surface area contributed by atoms with E-state index in [1.165, 1.54) is 0 Å². The molecule has 3 aromatic carbocycles. The van der Waals surface area contributed by atoms with Crippen LogP contribution in [0.5, 0.6) is 0 Å². The van der Waals surface area contributed by atoms with Gasteiger partial charge in [-0.3, -0.25) is 14.4 Å². The van der Waals surface area contributed by atoms with Gasteiger partial charge < -0.3 is 20.9 Å². The molecule has 7 heteroatoms. The highest BCUT2D eigenvalue weighted by Crippen LogP contribution is 2.19. The summed E-state index contributed by atoms with van der Waals surface area (Å²) in [6.07, 6.45) is 1.26. The van der Waals surface area contributed by atoms with Gasteiger partial charge in [-0.15, -0.1) is 0 Å². The van der Waals surface area contributed by atoms with Crippen LogP contribution < -0.4 is 20.9 Å². The predicted octanol–water partition coefficient (Wildman–Crippen LogP) is 5.14. The fourth-order valence-electron chi connectivity index (χ4n) is 3.44. The third-order valence-corrected chi connectivity index (χ3v) is 5.12. The van der Waals surface area contributed by atoms with Gasteiger partial charge in [0, 0.05) is 41.3 Å². The molecular weight excluding hydrogens is 428 g/mol. The van der Waals surface area contributed by atoms with Crippen molar-refractivity contribution in [1.29, 1.82) is 0 Å². The van der Waals surface area contributed by atoms with Crippen LogP contribution in [0.2, 0.25) is 0 Å². The zero-order valence-corrected chi connectivity index (χ0v) is 19.5. The van der Waals surface area contributed by atoms with Crippen LogP contribution in [0.15, 0.2) is 78.9 Å². The summed E-state index contributed by atoms with van der Waals surface area (Å²) in [5, 5.41) is 8.70. The monoisotopic (exact) mass is 458 g/mol. The number of nitrogens with one attached hydrogen (secondary N) is 3. The van der Waals surface area contributed by atoms with Crippen molar-refractivity contribution in [3.63, 3.8) is 0 Å². The van der Waals surface area contributed by atoms with Gasteiger partial charge in [0.2, 0.25) is 11.8 Å². The van der Waals surface area contributed by atoms with Crippen molar-refractivity contribution >= 4 is 40.5 Å². The normalized spacial score (nSPS) is 10.3. The number of hydrogen-bond acceptors (Lipinski definition) is 4. The van der Waals surface area contributed by atoms with Crippen LogP contribution in [-0.4, -0.2) is 30.8 Å². The zero-order chi connectivity index (χ0) is 24.3. The fraction of sp³-hybridized carbons (Fsp3) is 0.222. The first kappa shape index (κ1) is 24.5. The highest BCUT2D eigenvalue weighted by molar-refractivity contribution is 6.06. The van der Waals surface area contributed by atoms with Crippen molar-refractivity contribution in [3.8, 4) is 0 Å². The number of para-hydroxylation sites is 1. The Balaban J connectivity index is 1.55. The van der Waals surface area contributed by atoms with Crippen LogP contribution in [0.25, 0.3) is 0 Å². The molecule has 0 saturated heterocycles. The Morgan fingerprint density at radius 1 is 0.735 bits per heavy atom. The predicted molar refractivity (Wildman–Crippen MR) is 137 cm³/mol. The Labute approximate surface area is 200 Å². The van der Waals surface area contributed by atoms with Gasteiger partial charge >= 0.3 is 0 Å². The van der Waals surface area contributed by atoms with E-state index >= 15 is 0 Å². The standard InChI is InChI=1S/C27H30N4O3/c1-3-9-25(32)29-21-14-16-22(17-15-21)30-26(33)19-28-23-11-8-10-20(18-23)27(34)31(4-2)24-12-6-5-7-13-24/h5-8,10-18,28H,3-4,9,19H2,1-2H3,(H,29,32)(H,30,33). The Morgan fingerprint density at radius 3 is 2.00 bits per heavy atom. The molecule has 3 amide bonds. The van der Waals surface area contributed by atoms with Gasteiger partial charge in [-0.2, -0.15) is 0 Å². The quantitative estimate of drug-likeness (QED) is 0.392. The van der Waals surface area contributed by atoms with Crippen molar-refractivity contribution in [1.82, 2.24) is 0 Å². The van der Waals surface area contributed by atoms with Crippen molar-refractivity contribution in [3.05, 3.63) is 84.4 Å². The molecule has 0 aliphatic heterocycles. The summed E-state index contributed by atoms with van der Waals surface area (Å²) in [7, 11) is 0. The minimum Gasteiger partial charge on any atom is -0.376 e. The first-order valence-corrected chi connectivity index (χ1v) is 11.4. The molecule has 0 heterocycles. The Hall–Kier alpha value is -4.13. The largest absolute Gasteiger partial charge is 0.376 e. The van der Waals surface area contributed by atoms with Crippen LogP contribution in [0.4, 0.5) is 22.7 Å². The number of carbonyl (C=O) groups is 3.